The van der Waals surface area contributed by atoms with E-state index in [0.29, 0.717) is 5.78 Å². The normalized spacial score (nSPS) is 32.7. The number of hydrogen-bond acceptors (Lipinski definition) is 1. The average Bonchev–Trinajstić information content (AvgIpc) is 2.09. The van der Waals surface area contributed by atoms with Gasteiger partial charge in [0.15, 0.2) is 5.78 Å². The first-order chi connectivity index (χ1) is 4.58. The molecule has 0 heterocycles. The average molecular weight is 138 g/mol. The molecule has 1 rings (SSSR count). The Bertz CT molecular complexity index is 191. The van der Waals surface area contributed by atoms with E-state index in [4.69, 9.17) is 0 Å². The van der Waals surface area contributed by atoms with Crippen LogP contribution in [-0.4, -0.2) is 5.78 Å². The molecule has 0 N–H and O–H groups in total. The van der Waals surface area contributed by atoms with Gasteiger partial charge in [-0.1, -0.05) is 19.4 Å². The number of rotatable bonds is 1. The summed E-state index contributed by atoms with van der Waals surface area (Å²) in [6, 6.07) is 0. The van der Waals surface area contributed by atoms with Crippen LogP contribution in [0.5, 0.6) is 0 Å². The Labute approximate surface area is 62.1 Å². The zero-order valence-electron chi connectivity index (χ0n) is 6.90. The fraction of sp³-hybridized carbons (Fsp3) is 0.667. The lowest BCUT2D eigenvalue weighted by Crippen LogP contribution is -2.13. The summed E-state index contributed by atoms with van der Waals surface area (Å²) >= 11 is 0. The highest BCUT2D eigenvalue weighted by atomic mass is 16.1. The van der Waals surface area contributed by atoms with Gasteiger partial charge >= 0.3 is 0 Å². The molecule has 0 aliphatic heterocycles. The van der Waals surface area contributed by atoms with Crippen molar-refractivity contribution in [1.82, 2.24) is 0 Å². The van der Waals surface area contributed by atoms with Crippen LogP contribution in [0.25, 0.3) is 0 Å². The van der Waals surface area contributed by atoms with Crippen molar-refractivity contribution in [3.05, 3.63) is 11.6 Å². The summed E-state index contributed by atoms with van der Waals surface area (Å²) in [6.45, 7) is 6.34. The minimum atomic E-state index is 0.178. The van der Waals surface area contributed by atoms with Crippen LogP contribution in [0.15, 0.2) is 11.6 Å². The second-order valence-corrected chi connectivity index (χ2v) is 3.38. The molecule has 1 nitrogen and oxygen atoms in total. The fourth-order valence-corrected chi connectivity index (χ4v) is 1.39. The quantitative estimate of drug-likeness (QED) is 0.543. The third kappa shape index (κ3) is 1.00. The molecular weight excluding hydrogens is 124 g/mol. The molecule has 0 spiro atoms. The van der Waals surface area contributed by atoms with E-state index in [1.807, 2.05) is 0 Å². The first kappa shape index (κ1) is 7.52. The third-order valence-corrected chi connectivity index (χ3v) is 2.67. The van der Waals surface area contributed by atoms with Crippen LogP contribution in [0.2, 0.25) is 0 Å². The van der Waals surface area contributed by atoms with E-state index in [9.17, 15) is 4.79 Å². The Hall–Kier alpha value is -0.590. The van der Waals surface area contributed by atoms with E-state index in [1.165, 1.54) is 5.57 Å². The summed E-state index contributed by atoms with van der Waals surface area (Å²) < 4.78 is 0. The molecule has 0 aromatic rings. The third-order valence-electron chi connectivity index (χ3n) is 2.67. The van der Waals surface area contributed by atoms with Gasteiger partial charge in [0.2, 0.25) is 0 Å². The Balaban J connectivity index is 2.86. The van der Waals surface area contributed by atoms with E-state index in [1.54, 1.807) is 6.08 Å². The molecule has 0 radical (unpaired) electrons. The second-order valence-electron chi connectivity index (χ2n) is 3.38. The summed E-state index contributed by atoms with van der Waals surface area (Å²) in [6.07, 6.45) is 3.57. The van der Waals surface area contributed by atoms with Gasteiger partial charge in [-0.15, -0.1) is 0 Å². The zero-order chi connectivity index (χ0) is 7.78. The van der Waals surface area contributed by atoms with Gasteiger partial charge in [-0.3, -0.25) is 4.79 Å². The lowest BCUT2D eigenvalue weighted by atomic mass is 9.82. The van der Waals surface area contributed by atoms with Gasteiger partial charge in [0, 0.05) is 6.42 Å². The molecule has 0 bridgehead atoms. The number of carbonyl (C=O) groups excluding carboxylic acids is 1. The molecule has 1 heteroatoms. The molecule has 1 aliphatic carbocycles. The number of hydrogen-bond donors (Lipinski definition) is 0. The minimum absolute atomic E-state index is 0.178. The van der Waals surface area contributed by atoms with E-state index in [2.05, 4.69) is 20.8 Å². The van der Waals surface area contributed by atoms with Crippen molar-refractivity contribution >= 4 is 5.78 Å². The van der Waals surface area contributed by atoms with Crippen molar-refractivity contribution in [2.24, 2.45) is 5.41 Å². The molecule has 56 valence electrons. The van der Waals surface area contributed by atoms with Crippen molar-refractivity contribution in [2.45, 2.75) is 33.6 Å². The largest absolute Gasteiger partial charge is 0.295 e. The van der Waals surface area contributed by atoms with E-state index >= 15 is 0 Å². The van der Waals surface area contributed by atoms with E-state index < -0.39 is 0 Å². The highest BCUT2D eigenvalue weighted by Gasteiger charge is 2.31. The molecule has 0 amide bonds. The van der Waals surface area contributed by atoms with Crippen LogP contribution in [0.1, 0.15) is 33.6 Å². The predicted molar refractivity (Wildman–Crippen MR) is 41.8 cm³/mol. The minimum Gasteiger partial charge on any atom is -0.295 e. The monoisotopic (exact) mass is 138 g/mol. The van der Waals surface area contributed by atoms with Crippen LogP contribution in [0.3, 0.4) is 0 Å². The first-order valence-electron chi connectivity index (χ1n) is 3.80. The Morgan fingerprint density at radius 2 is 2.30 bits per heavy atom. The standard InChI is InChI=1S/C9H14O/c1-4-9(3)6-8(10)5-7(9)2/h5H,4,6H2,1-3H3. The van der Waals surface area contributed by atoms with Crippen LogP contribution >= 0.6 is 0 Å². The van der Waals surface area contributed by atoms with Gasteiger partial charge in [0.1, 0.15) is 0 Å². The highest BCUT2D eigenvalue weighted by Crippen LogP contribution is 2.39. The molecule has 1 aliphatic rings. The zero-order valence-corrected chi connectivity index (χ0v) is 6.90. The number of allylic oxidation sites excluding steroid dienone is 2. The molecule has 0 saturated carbocycles. The number of carbonyl (C=O) groups is 1. The number of ketones is 1. The van der Waals surface area contributed by atoms with E-state index in [-0.39, 0.29) is 5.41 Å². The van der Waals surface area contributed by atoms with E-state index in [0.717, 1.165) is 12.8 Å². The first-order valence-corrected chi connectivity index (χ1v) is 3.80. The Morgan fingerprint density at radius 1 is 1.70 bits per heavy atom. The fourth-order valence-electron chi connectivity index (χ4n) is 1.39. The second kappa shape index (κ2) is 2.22. The molecule has 1 unspecified atom stereocenters. The van der Waals surface area contributed by atoms with Crippen LogP contribution in [0, 0.1) is 5.41 Å². The van der Waals surface area contributed by atoms with Crippen molar-refractivity contribution in [2.75, 3.05) is 0 Å². The topological polar surface area (TPSA) is 17.1 Å². The van der Waals surface area contributed by atoms with Crippen LogP contribution in [-0.2, 0) is 4.79 Å². The summed E-state index contributed by atoms with van der Waals surface area (Å²) in [5.74, 6) is 0.293. The smallest absolute Gasteiger partial charge is 0.156 e. The molecule has 0 aromatic carbocycles. The summed E-state index contributed by atoms with van der Waals surface area (Å²) in [5, 5.41) is 0. The summed E-state index contributed by atoms with van der Waals surface area (Å²) in [5.41, 5.74) is 1.43. The molecule has 0 fully saturated rings. The van der Waals surface area contributed by atoms with Crippen LogP contribution < -0.4 is 0 Å². The molecule has 1 atom stereocenters. The van der Waals surface area contributed by atoms with Crippen molar-refractivity contribution in [3.8, 4) is 0 Å². The summed E-state index contributed by atoms with van der Waals surface area (Å²) in [4.78, 5) is 11.0. The maximum absolute atomic E-state index is 11.0. The molecule has 0 saturated heterocycles. The van der Waals surface area contributed by atoms with Gasteiger partial charge in [-0.05, 0) is 24.8 Å². The maximum atomic E-state index is 11.0. The lowest BCUT2D eigenvalue weighted by Gasteiger charge is -2.22. The van der Waals surface area contributed by atoms with Crippen molar-refractivity contribution < 1.29 is 4.79 Å². The Kier molecular flexibility index (Phi) is 1.67. The molecule has 10 heavy (non-hydrogen) atoms. The van der Waals surface area contributed by atoms with Crippen molar-refractivity contribution in [1.29, 1.82) is 0 Å². The SMILES string of the molecule is CCC1(C)CC(=O)C=C1C. The van der Waals surface area contributed by atoms with Gasteiger partial charge in [0.05, 0.1) is 0 Å². The van der Waals surface area contributed by atoms with Gasteiger partial charge < -0.3 is 0 Å². The Morgan fingerprint density at radius 3 is 2.50 bits per heavy atom. The lowest BCUT2D eigenvalue weighted by molar-refractivity contribution is -0.115. The summed E-state index contributed by atoms with van der Waals surface area (Å²) in [7, 11) is 0. The maximum Gasteiger partial charge on any atom is 0.156 e. The highest BCUT2D eigenvalue weighted by molar-refractivity contribution is 5.94. The molecule has 0 aromatic heterocycles. The van der Waals surface area contributed by atoms with Crippen molar-refractivity contribution in [3.63, 3.8) is 0 Å². The molecular formula is C9H14O. The van der Waals surface area contributed by atoms with Crippen LogP contribution in [0.4, 0.5) is 0 Å². The predicted octanol–water partition coefficient (Wildman–Crippen LogP) is 2.32. The van der Waals surface area contributed by atoms with Gasteiger partial charge in [0.25, 0.3) is 0 Å². The van der Waals surface area contributed by atoms with Gasteiger partial charge in [-0.25, -0.2) is 0 Å². The van der Waals surface area contributed by atoms with Gasteiger partial charge in [-0.2, -0.15) is 0 Å².